The van der Waals surface area contributed by atoms with Crippen LogP contribution in [0, 0.1) is 0 Å². The second-order valence-corrected chi connectivity index (χ2v) is 5.08. The molecule has 1 atom stereocenters. The van der Waals surface area contributed by atoms with Crippen LogP contribution in [0.5, 0.6) is 0 Å². The van der Waals surface area contributed by atoms with E-state index in [1.165, 1.54) is 58.3 Å². The topological polar surface area (TPSA) is 134 Å². The van der Waals surface area contributed by atoms with Crippen molar-refractivity contribution < 1.29 is 15.0 Å². The maximum Gasteiger partial charge on any atom is 0.332 e. The molecule has 0 aliphatic heterocycles. The standard InChI is InChI=1S/C12H26N4.C3H6O3/c1-2-3-4-5-6-7-8-9-10-11-15-12(13)16-14;1-2(4)3(5)6/h11H,2-10,14H2,1H3,(H2,13,16);2,4H,1H3,(H,5,6). The van der Waals surface area contributed by atoms with Gasteiger partial charge in [0.25, 0.3) is 0 Å². The number of unbranched alkanes of at least 4 members (excludes halogenated alkanes) is 8. The summed E-state index contributed by atoms with van der Waals surface area (Å²) in [5.41, 5.74) is 5.31. The number of aliphatic imine (C=N–C) groups is 1. The summed E-state index contributed by atoms with van der Waals surface area (Å²) >= 11 is 0. The number of guanidine groups is 1. The van der Waals surface area contributed by atoms with Gasteiger partial charge in [-0.1, -0.05) is 51.9 Å². The molecule has 0 amide bonds. The van der Waals surface area contributed by atoms with Crippen LogP contribution in [0.2, 0.25) is 0 Å². The molecular weight excluding hydrogens is 284 g/mol. The smallest absolute Gasteiger partial charge is 0.332 e. The van der Waals surface area contributed by atoms with Crippen molar-refractivity contribution in [3.05, 3.63) is 0 Å². The molecule has 0 aliphatic carbocycles. The van der Waals surface area contributed by atoms with E-state index < -0.39 is 12.1 Å². The van der Waals surface area contributed by atoms with E-state index in [-0.39, 0.29) is 5.96 Å². The fourth-order valence-corrected chi connectivity index (χ4v) is 1.56. The molecule has 0 rings (SSSR count). The Hall–Kier alpha value is -1.63. The lowest BCUT2D eigenvalue weighted by atomic mass is 10.1. The molecule has 7 nitrogen and oxygen atoms in total. The van der Waals surface area contributed by atoms with Crippen LogP contribution in [0.4, 0.5) is 0 Å². The van der Waals surface area contributed by atoms with Crippen molar-refractivity contribution >= 4 is 18.1 Å². The van der Waals surface area contributed by atoms with Gasteiger partial charge < -0.3 is 21.8 Å². The minimum atomic E-state index is -1.23. The van der Waals surface area contributed by atoms with E-state index in [1.54, 1.807) is 6.21 Å². The highest BCUT2D eigenvalue weighted by molar-refractivity contribution is 5.85. The first kappa shape index (κ1) is 22.6. The quantitative estimate of drug-likeness (QED) is 0.161. The van der Waals surface area contributed by atoms with Gasteiger partial charge in [-0.2, -0.15) is 0 Å². The zero-order valence-electron chi connectivity index (χ0n) is 13.9. The van der Waals surface area contributed by atoms with Crippen molar-refractivity contribution in [3.8, 4) is 0 Å². The highest BCUT2D eigenvalue weighted by Crippen LogP contribution is 2.08. The van der Waals surface area contributed by atoms with Crippen LogP contribution < -0.4 is 11.6 Å². The fraction of sp³-hybridized carbons (Fsp3) is 0.800. The second kappa shape index (κ2) is 17.4. The molecule has 1 unspecified atom stereocenters. The van der Waals surface area contributed by atoms with Crippen molar-refractivity contribution in [1.82, 2.24) is 0 Å². The van der Waals surface area contributed by atoms with Crippen molar-refractivity contribution in [1.29, 1.82) is 0 Å². The van der Waals surface area contributed by atoms with E-state index in [1.807, 2.05) is 0 Å². The number of carboxylic acid groups (broad SMARTS) is 1. The molecule has 0 aliphatic rings. The minimum absolute atomic E-state index is 0.152. The van der Waals surface area contributed by atoms with Crippen molar-refractivity contribution in [3.63, 3.8) is 0 Å². The van der Waals surface area contributed by atoms with Crippen LogP contribution in [0.3, 0.4) is 0 Å². The molecule has 7 heteroatoms. The van der Waals surface area contributed by atoms with Crippen LogP contribution >= 0.6 is 0 Å². The van der Waals surface area contributed by atoms with E-state index >= 15 is 0 Å². The van der Waals surface area contributed by atoms with Gasteiger partial charge in [0, 0.05) is 6.21 Å². The normalized spacial score (nSPS) is 12.8. The van der Waals surface area contributed by atoms with Gasteiger partial charge >= 0.3 is 5.97 Å². The summed E-state index contributed by atoms with van der Waals surface area (Å²) in [6.45, 7) is 3.44. The lowest BCUT2D eigenvalue weighted by molar-refractivity contribution is -0.145. The number of hydrogen-bond acceptors (Lipinski definition) is 4. The summed E-state index contributed by atoms with van der Waals surface area (Å²) < 4.78 is 0. The van der Waals surface area contributed by atoms with Gasteiger partial charge in [-0.3, -0.25) is 0 Å². The highest BCUT2D eigenvalue weighted by Gasteiger charge is 2.01. The Bertz CT molecular complexity index is 318. The third-order valence-corrected chi connectivity index (χ3v) is 2.90. The molecule has 0 aromatic rings. The number of nitrogens with zero attached hydrogens (tertiary/aromatic N) is 2. The number of carboxylic acids is 1. The SMILES string of the molecule is CC(O)C(=O)O.CCCCCCCCCCC=NC(N)=NN. The van der Waals surface area contributed by atoms with E-state index in [4.69, 9.17) is 21.8 Å². The molecule has 0 heterocycles. The second-order valence-electron chi connectivity index (χ2n) is 5.08. The molecule has 0 spiro atoms. The number of hydrazone groups is 1. The maximum absolute atomic E-state index is 9.45. The van der Waals surface area contributed by atoms with Crippen LogP contribution in [-0.4, -0.2) is 34.5 Å². The van der Waals surface area contributed by atoms with E-state index in [2.05, 4.69) is 17.0 Å². The number of aliphatic hydroxyl groups excluding tert-OH is 1. The van der Waals surface area contributed by atoms with Gasteiger partial charge in [0.1, 0.15) is 6.10 Å². The lowest BCUT2D eigenvalue weighted by Crippen LogP contribution is -2.13. The Morgan fingerprint density at radius 3 is 2.00 bits per heavy atom. The number of nitrogens with two attached hydrogens (primary N) is 2. The van der Waals surface area contributed by atoms with Gasteiger partial charge in [-0.15, -0.1) is 5.10 Å². The van der Waals surface area contributed by atoms with Gasteiger partial charge in [0.15, 0.2) is 0 Å². The minimum Gasteiger partial charge on any atom is -0.479 e. The zero-order valence-corrected chi connectivity index (χ0v) is 13.9. The molecule has 0 fully saturated rings. The largest absolute Gasteiger partial charge is 0.479 e. The zero-order chi connectivity index (χ0) is 17.2. The van der Waals surface area contributed by atoms with Gasteiger partial charge in [0.2, 0.25) is 5.96 Å². The fourth-order valence-electron chi connectivity index (χ4n) is 1.56. The Morgan fingerprint density at radius 1 is 1.14 bits per heavy atom. The van der Waals surface area contributed by atoms with Crippen LogP contribution in [0.15, 0.2) is 10.1 Å². The molecule has 0 bridgehead atoms. The summed E-state index contributed by atoms with van der Waals surface area (Å²) in [6, 6.07) is 0. The van der Waals surface area contributed by atoms with Crippen molar-refractivity contribution in [2.24, 2.45) is 21.7 Å². The molecule has 0 radical (unpaired) electrons. The molecule has 6 N–H and O–H groups in total. The monoisotopic (exact) mass is 316 g/mol. The first-order chi connectivity index (χ1) is 10.5. The van der Waals surface area contributed by atoms with Crippen molar-refractivity contribution in [2.45, 2.75) is 77.7 Å². The summed E-state index contributed by atoms with van der Waals surface area (Å²) in [6.07, 6.45) is 12.1. The predicted molar refractivity (Wildman–Crippen MR) is 90.8 cm³/mol. The average Bonchev–Trinajstić information content (AvgIpc) is 2.49. The summed E-state index contributed by atoms with van der Waals surface area (Å²) in [4.78, 5) is 13.3. The first-order valence-corrected chi connectivity index (χ1v) is 7.92. The maximum atomic E-state index is 9.45. The Labute approximate surface area is 133 Å². The summed E-state index contributed by atoms with van der Waals surface area (Å²) in [7, 11) is 0. The summed E-state index contributed by atoms with van der Waals surface area (Å²) in [5, 5.41) is 19.0. The van der Waals surface area contributed by atoms with Gasteiger partial charge in [-0.25, -0.2) is 9.79 Å². The third-order valence-electron chi connectivity index (χ3n) is 2.90. The molecule has 130 valence electrons. The first-order valence-electron chi connectivity index (χ1n) is 7.92. The number of aliphatic carboxylic acids is 1. The average molecular weight is 316 g/mol. The molecule has 22 heavy (non-hydrogen) atoms. The van der Waals surface area contributed by atoms with Gasteiger partial charge in [0.05, 0.1) is 0 Å². The molecule has 0 aromatic heterocycles. The Balaban J connectivity index is 0. The number of rotatable bonds is 10. The van der Waals surface area contributed by atoms with E-state index in [9.17, 15) is 4.79 Å². The Morgan fingerprint density at radius 2 is 1.59 bits per heavy atom. The highest BCUT2D eigenvalue weighted by atomic mass is 16.4. The molecule has 0 saturated heterocycles. The number of carbonyl (C=O) groups is 1. The van der Waals surface area contributed by atoms with Crippen molar-refractivity contribution in [2.75, 3.05) is 0 Å². The van der Waals surface area contributed by atoms with Gasteiger partial charge in [-0.05, 0) is 19.8 Å². The Kier molecular flexibility index (Phi) is 17.9. The lowest BCUT2D eigenvalue weighted by Gasteiger charge is -1.99. The molecule has 0 aromatic carbocycles. The third kappa shape index (κ3) is 20.7. The van der Waals surface area contributed by atoms with Crippen LogP contribution in [0.1, 0.15) is 71.6 Å². The van der Waals surface area contributed by atoms with Crippen LogP contribution in [-0.2, 0) is 4.79 Å². The predicted octanol–water partition coefficient (Wildman–Crippen LogP) is 2.23. The number of hydrogen-bond donors (Lipinski definition) is 4. The number of aliphatic hydroxyl groups is 1. The van der Waals surface area contributed by atoms with E-state index in [0.29, 0.717) is 0 Å². The summed E-state index contributed by atoms with van der Waals surface area (Å²) in [5.74, 6) is 3.91. The van der Waals surface area contributed by atoms with E-state index in [0.717, 1.165) is 6.42 Å². The molecular formula is C15H32N4O3. The molecule has 0 saturated carbocycles. The van der Waals surface area contributed by atoms with Crippen LogP contribution in [0.25, 0.3) is 0 Å².